The van der Waals surface area contributed by atoms with Crippen LogP contribution in [0.5, 0.6) is 0 Å². The van der Waals surface area contributed by atoms with Gasteiger partial charge in [-0.25, -0.2) is 19.3 Å². The van der Waals surface area contributed by atoms with Gasteiger partial charge in [0.1, 0.15) is 11.5 Å². The summed E-state index contributed by atoms with van der Waals surface area (Å²) >= 11 is 0. The van der Waals surface area contributed by atoms with E-state index in [9.17, 15) is 9.18 Å². The van der Waals surface area contributed by atoms with Crippen LogP contribution in [0.4, 0.5) is 16.0 Å². The van der Waals surface area contributed by atoms with Crippen molar-refractivity contribution in [3.8, 4) is 11.4 Å². The smallest absolute Gasteiger partial charge is 0.253 e. The van der Waals surface area contributed by atoms with Crippen molar-refractivity contribution in [1.29, 1.82) is 0 Å². The van der Waals surface area contributed by atoms with Crippen LogP contribution in [0.15, 0.2) is 36.7 Å². The van der Waals surface area contributed by atoms with Gasteiger partial charge in [-0.3, -0.25) is 4.79 Å². The Morgan fingerprint density at radius 3 is 2.56 bits per heavy atom. The zero-order valence-corrected chi connectivity index (χ0v) is 20.3. The Morgan fingerprint density at radius 1 is 1.09 bits per heavy atom. The van der Waals surface area contributed by atoms with Gasteiger partial charge in [0, 0.05) is 36.9 Å². The van der Waals surface area contributed by atoms with E-state index in [2.05, 4.69) is 32.1 Å². The SMILES string of the molecule is CCN1CCCN(C(=O)c2ccc(Nc3ncc(F)c(-c4cnc(C)n4C(C)C)n3)cc2)CC1. The van der Waals surface area contributed by atoms with Gasteiger partial charge in [0.15, 0.2) is 5.82 Å². The number of halogens is 1. The molecule has 1 saturated heterocycles. The molecule has 0 radical (unpaired) electrons. The molecule has 3 aromatic rings. The van der Waals surface area contributed by atoms with E-state index in [1.54, 1.807) is 18.3 Å². The summed E-state index contributed by atoms with van der Waals surface area (Å²) in [5.74, 6) is 0.607. The third-order valence-electron chi connectivity index (χ3n) is 6.20. The van der Waals surface area contributed by atoms with Crippen LogP contribution in [0.1, 0.15) is 49.4 Å². The quantitative estimate of drug-likeness (QED) is 0.585. The third kappa shape index (κ3) is 5.09. The molecule has 0 saturated carbocycles. The molecule has 2 aromatic heterocycles. The largest absolute Gasteiger partial charge is 0.337 e. The van der Waals surface area contributed by atoms with Crippen LogP contribution in [0, 0.1) is 12.7 Å². The molecule has 3 heterocycles. The molecule has 4 rings (SSSR count). The van der Waals surface area contributed by atoms with Crippen molar-refractivity contribution in [3.63, 3.8) is 0 Å². The number of benzene rings is 1. The van der Waals surface area contributed by atoms with Gasteiger partial charge in [-0.05, 0) is 64.5 Å². The fourth-order valence-corrected chi connectivity index (χ4v) is 4.39. The lowest BCUT2D eigenvalue weighted by molar-refractivity contribution is 0.0762. The highest BCUT2D eigenvalue weighted by molar-refractivity contribution is 5.94. The van der Waals surface area contributed by atoms with Crippen LogP contribution < -0.4 is 5.32 Å². The van der Waals surface area contributed by atoms with Gasteiger partial charge in [0.2, 0.25) is 5.95 Å². The van der Waals surface area contributed by atoms with Crippen LogP contribution in [0.2, 0.25) is 0 Å². The summed E-state index contributed by atoms with van der Waals surface area (Å²) in [7, 11) is 0. The second-order valence-corrected chi connectivity index (χ2v) is 8.83. The monoisotopic (exact) mass is 465 g/mol. The van der Waals surface area contributed by atoms with E-state index in [0.29, 0.717) is 11.3 Å². The summed E-state index contributed by atoms with van der Waals surface area (Å²) in [4.78, 5) is 30.1. The van der Waals surface area contributed by atoms with Crippen molar-refractivity contribution >= 4 is 17.5 Å². The molecule has 1 amide bonds. The third-order valence-corrected chi connectivity index (χ3v) is 6.20. The molecule has 0 spiro atoms. The molecule has 34 heavy (non-hydrogen) atoms. The molecule has 1 N–H and O–H groups in total. The fourth-order valence-electron chi connectivity index (χ4n) is 4.39. The number of imidazole rings is 1. The number of likely N-dealkylation sites (N-methyl/N-ethyl adjacent to an activating group) is 1. The molecular formula is C25H32FN7O. The first-order chi connectivity index (χ1) is 16.4. The fraction of sp³-hybridized carbons (Fsp3) is 0.440. The summed E-state index contributed by atoms with van der Waals surface area (Å²) in [6, 6.07) is 7.35. The predicted molar refractivity (Wildman–Crippen MR) is 131 cm³/mol. The number of aromatic nitrogens is 4. The number of rotatable bonds is 6. The van der Waals surface area contributed by atoms with Crippen molar-refractivity contribution < 1.29 is 9.18 Å². The molecule has 0 unspecified atom stereocenters. The molecule has 1 aliphatic heterocycles. The van der Waals surface area contributed by atoms with Gasteiger partial charge < -0.3 is 19.7 Å². The first-order valence-electron chi connectivity index (χ1n) is 11.8. The highest BCUT2D eigenvalue weighted by Gasteiger charge is 2.20. The number of hydrogen-bond donors (Lipinski definition) is 1. The normalized spacial score (nSPS) is 14.9. The van der Waals surface area contributed by atoms with Crippen molar-refractivity contribution in [1.82, 2.24) is 29.3 Å². The molecule has 0 atom stereocenters. The standard InChI is InChI=1S/C25H32FN7O/c1-5-31-11-6-12-32(14-13-31)24(34)19-7-9-20(10-8-19)29-25-28-15-21(26)23(30-25)22-16-27-18(4)33(22)17(2)3/h7-10,15-17H,5-6,11-14H2,1-4H3,(H,28,29,30). The topological polar surface area (TPSA) is 79.2 Å². The van der Waals surface area contributed by atoms with Gasteiger partial charge in [-0.15, -0.1) is 0 Å². The maximum Gasteiger partial charge on any atom is 0.253 e. The zero-order chi connectivity index (χ0) is 24.2. The minimum Gasteiger partial charge on any atom is -0.337 e. The average molecular weight is 466 g/mol. The van der Waals surface area contributed by atoms with Crippen LogP contribution in [0.3, 0.4) is 0 Å². The first kappa shape index (κ1) is 23.8. The molecule has 9 heteroatoms. The Morgan fingerprint density at radius 2 is 1.85 bits per heavy atom. The van der Waals surface area contributed by atoms with E-state index in [1.807, 2.05) is 42.4 Å². The molecular weight excluding hydrogens is 433 g/mol. The van der Waals surface area contributed by atoms with Crippen molar-refractivity contribution in [2.45, 2.75) is 40.2 Å². The second-order valence-electron chi connectivity index (χ2n) is 8.83. The Kier molecular flexibility index (Phi) is 7.21. The average Bonchev–Trinajstić information content (AvgIpc) is 3.06. The maximum absolute atomic E-state index is 14.6. The Hall–Kier alpha value is -3.33. The van der Waals surface area contributed by atoms with Crippen molar-refractivity contribution in [3.05, 3.63) is 53.9 Å². The van der Waals surface area contributed by atoms with Crippen molar-refractivity contribution in [2.24, 2.45) is 0 Å². The van der Waals surface area contributed by atoms with E-state index in [0.717, 1.165) is 56.9 Å². The zero-order valence-electron chi connectivity index (χ0n) is 20.3. The van der Waals surface area contributed by atoms with Gasteiger partial charge in [0.25, 0.3) is 5.91 Å². The summed E-state index contributed by atoms with van der Waals surface area (Å²) < 4.78 is 16.5. The molecule has 0 aliphatic carbocycles. The minimum absolute atomic E-state index is 0.0436. The lowest BCUT2D eigenvalue weighted by Gasteiger charge is -2.21. The molecule has 0 bridgehead atoms. The number of amides is 1. The van der Waals surface area contributed by atoms with Crippen molar-refractivity contribution in [2.75, 3.05) is 38.0 Å². The lowest BCUT2D eigenvalue weighted by Crippen LogP contribution is -2.35. The van der Waals surface area contributed by atoms with Crippen LogP contribution in [-0.2, 0) is 0 Å². The van der Waals surface area contributed by atoms with Gasteiger partial charge in [-0.2, -0.15) is 0 Å². The van der Waals surface area contributed by atoms with E-state index in [-0.39, 0.29) is 23.6 Å². The molecule has 1 aliphatic rings. The Bertz CT molecular complexity index is 1140. The maximum atomic E-state index is 14.6. The lowest BCUT2D eigenvalue weighted by atomic mass is 10.1. The van der Waals surface area contributed by atoms with E-state index >= 15 is 0 Å². The first-order valence-corrected chi connectivity index (χ1v) is 11.8. The van der Waals surface area contributed by atoms with Gasteiger partial charge >= 0.3 is 0 Å². The highest BCUT2D eigenvalue weighted by Crippen LogP contribution is 2.26. The summed E-state index contributed by atoms with van der Waals surface area (Å²) in [6.45, 7) is 12.5. The number of carbonyl (C=O) groups is 1. The van der Waals surface area contributed by atoms with Gasteiger partial charge in [0.05, 0.1) is 18.1 Å². The summed E-state index contributed by atoms with van der Waals surface area (Å²) in [6.07, 6.45) is 3.78. The van der Waals surface area contributed by atoms with Gasteiger partial charge in [-0.1, -0.05) is 6.92 Å². The molecule has 1 aromatic carbocycles. The number of anilines is 2. The molecule has 8 nitrogen and oxygen atoms in total. The minimum atomic E-state index is -0.507. The highest BCUT2D eigenvalue weighted by atomic mass is 19.1. The number of aryl methyl sites for hydroxylation is 1. The number of nitrogens with one attached hydrogen (secondary N) is 1. The number of nitrogens with zero attached hydrogens (tertiary/aromatic N) is 6. The molecule has 180 valence electrons. The van der Waals surface area contributed by atoms with E-state index < -0.39 is 5.82 Å². The van der Waals surface area contributed by atoms with E-state index in [1.165, 1.54) is 0 Å². The summed E-state index contributed by atoms with van der Waals surface area (Å²) in [5, 5.41) is 3.12. The number of carbonyl (C=O) groups excluding carboxylic acids is 1. The molecule has 1 fully saturated rings. The second kappa shape index (κ2) is 10.3. The van der Waals surface area contributed by atoms with Crippen LogP contribution in [0.25, 0.3) is 11.4 Å². The summed E-state index contributed by atoms with van der Waals surface area (Å²) in [5.41, 5.74) is 2.17. The Balaban J connectivity index is 1.49. The number of hydrogen-bond acceptors (Lipinski definition) is 6. The van der Waals surface area contributed by atoms with Crippen LogP contribution >= 0.6 is 0 Å². The van der Waals surface area contributed by atoms with E-state index in [4.69, 9.17) is 0 Å². The predicted octanol–water partition coefficient (Wildman–Crippen LogP) is 4.28. The van der Waals surface area contributed by atoms with Crippen LogP contribution in [-0.4, -0.2) is 67.9 Å². The Labute approximate surface area is 199 Å².